The van der Waals surface area contributed by atoms with Gasteiger partial charge in [-0.25, -0.2) is 9.97 Å². The Morgan fingerprint density at radius 1 is 0.957 bits per heavy atom. The van der Waals surface area contributed by atoms with E-state index >= 15 is 0 Å². The number of hydrogen-bond donors (Lipinski definition) is 1. The summed E-state index contributed by atoms with van der Waals surface area (Å²) in [5.41, 5.74) is 3.59. The van der Waals surface area contributed by atoms with Crippen LogP contribution in [0.1, 0.15) is 36.7 Å². The van der Waals surface area contributed by atoms with E-state index in [9.17, 15) is 0 Å². The highest BCUT2D eigenvalue weighted by atomic mass is 15.2. The molecule has 0 amide bonds. The zero-order valence-corrected chi connectivity index (χ0v) is 14.6. The molecule has 1 fully saturated rings. The molecule has 1 N–H and O–H groups in total. The average Bonchev–Trinajstić information content (AvgIpc) is 2.46. The van der Waals surface area contributed by atoms with E-state index in [0.717, 1.165) is 42.2 Å². The smallest absolute Gasteiger partial charge is 0.136 e. The first kappa shape index (κ1) is 15.8. The van der Waals surface area contributed by atoms with E-state index in [1.54, 1.807) is 0 Å². The van der Waals surface area contributed by atoms with Crippen LogP contribution in [-0.2, 0) is 0 Å². The Morgan fingerprint density at radius 3 is 2.26 bits per heavy atom. The molecule has 0 unspecified atom stereocenters. The van der Waals surface area contributed by atoms with Gasteiger partial charge in [0.05, 0.1) is 0 Å². The van der Waals surface area contributed by atoms with Crippen LogP contribution in [0.3, 0.4) is 0 Å². The largest absolute Gasteiger partial charge is 0.356 e. The number of nitrogens with one attached hydrogen (secondary N) is 1. The number of nitrogens with zero attached hydrogens (tertiary/aromatic N) is 3. The Kier molecular flexibility index (Phi) is 4.51. The van der Waals surface area contributed by atoms with Crippen LogP contribution < -0.4 is 10.2 Å². The van der Waals surface area contributed by atoms with Crippen molar-refractivity contribution in [1.29, 1.82) is 0 Å². The van der Waals surface area contributed by atoms with Crippen molar-refractivity contribution < 1.29 is 0 Å². The molecule has 0 bridgehead atoms. The molecule has 2 heterocycles. The normalized spacial score (nSPS) is 15.7. The van der Waals surface area contributed by atoms with Crippen molar-refractivity contribution in [2.75, 3.05) is 23.3 Å². The summed E-state index contributed by atoms with van der Waals surface area (Å²) >= 11 is 0. The van der Waals surface area contributed by atoms with Gasteiger partial charge in [0.2, 0.25) is 0 Å². The Bertz CT molecular complexity index is 668. The van der Waals surface area contributed by atoms with E-state index < -0.39 is 0 Å². The van der Waals surface area contributed by atoms with Crippen molar-refractivity contribution in [2.24, 2.45) is 5.92 Å². The SMILES string of the molecule is Cc1cc(C)cc(Nc2cc(N3CCC(C)CC3)nc(C)n2)c1. The lowest BCUT2D eigenvalue weighted by atomic mass is 9.99. The van der Waals surface area contributed by atoms with Gasteiger partial charge in [-0.15, -0.1) is 0 Å². The van der Waals surface area contributed by atoms with E-state index in [2.05, 4.69) is 65.2 Å². The van der Waals surface area contributed by atoms with Crippen molar-refractivity contribution in [2.45, 2.75) is 40.5 Å². The molecular weight excluding hydrogens is 284 g/mol. The minimum Gasteiger partial charge on any atom is -0.356 e. The molecule has 1 aromatic carbocycles. The van der Waals surface area contributed by atoms with Crippen LogP contribution in [-0.4, -0.2) is 23.1 Å². The zero-order chi connectivity index (χ0) is 16.4. The first-order chi connectivity index (χ1) is 11.0. The van der Waals surface area contributed by atoms with Gasteiger partial charge in [0.1, 0.15) is 17.5 Å². The highest BCUT2D eigenvalue weighted by Gasteiger charge is 2.18. The average molecular weight is 310 g/mol. The molecule has 0 atom stereocenters. The van der Waals surface area contributed by atoms with Gasteiger partial charge < -0.3 is 10.2 Å². The quantitative estimate of drug-likeness (QED) is 0.913. The third kappa shape index (κ3) is 4.01. The van der Waals surface area contributed by atoms with Gasteiger partial charge >= 0.3 is 0 Å². The van der Waals surface area contributed by atoms with Crippen LogP contribution in [0.2, 0.25) is 0 Å². The highest BCUT2D eigenvalue weighted by molar-refractivity contribution is 5.61. The molecule has 4 nitrogen and oxygen atoms in total. The monoisotopic (exact) mass is 310 g/mol. The van der Waals surface area contributed by atoms with Crippen LogP contribution in [0.25, 0.3) is 0 Å². The summed E-state index contributed by atoms with van der Waals surface area (Å²) < 4.78 is 0. The first-order valence-electron chi connectivity index (χ1n) is 8.45. The summed E-state index contributed by atoms with van der Waals surface area (Å²) in [6, 6.07) is 8.54. The fourth-order valence-electron chi connectivity index (χ4n) is 3.21. The van der Waals surface area contributed by atoms with Gasteiger partial charge in [0.25, 0.3) is 0 Å². The molecular formula is C19H26N4. The molecule has 0 radical (unpaired) electrons. The lowest BCUT2D eigenvalue weighted by molar-refractivity contribution is 0.436. The molecule has 1 aliphatic heterocycles. The Balaban J connectivity index is 1.82. The minimum absolute atomic E-state index is 0.813. The Morgan fingerprint density at radius 2 is 1.61 bits per heavy atom. The number of hydrogen-bond acceptors (Lipinski definition) is 4. The molecule has 0 saturated carbocycles. The molecule has 122 valence electrons. The lowest BCUT2D eigenvalue weighted by Crippen LogP contribution is -2.33. The molecule has 23 heavy (non-hydrogen) atoms. The van der Waals surface area contributed by atoms with Gasteiger partial charge in [-0.2, -0.15) is 0 Å². The van der Waals surface area contributed by atoms with Crippen LogP contribution in [0.5, 0.6) is 0 Å². The molecule has 2 aromatic rings. The van der Waals surface area contributed by atoms with Gasteiger partial charge in [-0.1, -0.05) is 13.0 Å². The molecule has 0 aliphatic carbocycles. The van der Waals surface area contributed by atoms with Gasteiger partial charge in [-0.3, -0.25) is 0 Å². The predicted molar refractivity (Wildman–Crippen MR) is 96.6 cm³/mol. The second-order valence-electron chi connectivity index (χ2n) is 6.83. The summed E-state index contributed by atoms with van der Waals surface area (Å²) in [7, 11) is 0. The van der Waals surface area contributed by atoms with Crippen molar-refractivity contribution in [3.8, 4) is 0 Å². The van der Waals surface area contributed by atoms with Gasteiger partial charge in [-0.05, 0) is 62.8 Å². The number of aryl methyl sites for hydroxylation is 3. The second kappa shape index (κ2) is 6.57. The van der Waals surface area contributed by atoms with Crippen LogP contribution in [0.4, 0.5) is 17.3 Å². The summed E-state index contributed by atoms with van der Waals surface area (Å²) in [6.07, 6.45) is 2.48. The van der Waals surface area contributed by atoms with Gasteiger partial charge in [0, 0.05) is 24.8 Å². The lowest BCUT2D eigenvalue weighted by Gasteiger charge is -2.31. The zero-order valence-electron chi connectivity index (χ0n) is 14.6. The van der Waals surface area contributed by atoms with E-state index in [-0.39, 0.29) is 0 Å². The van der Waals surface area contributed by atoms with E-state index in [1.807, 2.05) is 6.92 Å². The maximum Gasteiger partial charge on any atom is 0.136 e. The number of aromatic nitrogens is 2. The Hall–Kier alpha value is -2.10. The number of anilines is 3. The molecule has 1 aromatic heterocycles. The number of piperidine rings is 1. The van der Waals surface area contributed by atoms with Crippen molar-refractivity contribution >= 4 is 17.3 Å². The summed E-state index contributed by atoms with van der Waals surface area (Å²) in [4.78, 5) is 11.6. The van der Waals surface area contributed by atoms with E-state index in [4.69, 9.17) is 0 Å². The highest BCUT2D eigenvalue weighted by Crippen LogP contribution is 2.25. The van der Waals surface area contributed by atoms with Gasteiger partial charge in [0.15, 0.2) is 0 Å². The molecule has 3 rings (SSSR count). The number of benzene rings is 1. The summed E-state index contributed by atoms with van der Waals surface area (Å²) in [5.74, 6) is 3.54. The predicted octanol–water partition coefficient (Wildman–Crippen LogP) is 4.38. The van der Waals surface area contributed by atoms with Crippen LogP contribution in [0.15, 0.2) is 24.3 Å². The third-order valence-corrected chi connectivity index (χ3v) is 4.43. The Labute approximate surface area is 139 Å². The fraction of sp³-hybridized carbons (Fsp3) is 0.474. The molecule has 0 spiro atoms. The van der Waals surface area contributed by atoms with Crippen LogP contribution in [0, 0.1) is 26.7 Å². The van der Waals surface area contributed by atoms with Crippen molar-refractivity contribution in [1.82, 2.24) is 9.97 Å². The first-order valence-corrected chi connectivity index (χ1v) is 8.45. The molecule has 4 heteroatoms. The topological polar surface area (TPSA) is 41.0 Å². The maximum atomic E-state index is 4.63. The fourth-order valence-corrected chi connectivity index (χ4v) is 3.21. The van der Waals surface area contributed by atoms with E-state index in [0.29, 0.717) is 0 Å². The summed E-state index contributed by atoms with van der Waals surface area (Å²) in [5, 5.41) is 3.44. The summed E-state index contributed by atoms with van der Waals surface area (Å²) in [6.45, 7) is 10.7. The third-order valence-electron chi connectivity index (χ3n) is 4.43. The molecule has 1 aliphatic rings. The second-order valence-corrected chi connectivity index (χ2v) is 6.83. The van der Waals surface area contributed by atoms with Crippen molar-refractivity contribution in [3.63, 3.8) is 0 Å². The van der Waals surface area contributed by atoms with E-state index in [1.165, 1.54) is 24.0 Å². The standard InChI is InChI=1S/C19H26N4/c1-13-5-7-23(8-6-13)19-12-18(20-16(4)21-19)22-17-10-14(2)9-15(3)11-17/h9-13H,5-8H2,1-4H3,(H,20,21,22). The number of rotatable bonds is 3. The molecule has 1 saturated heterocycles. The van der Waals surface area contributed by atoms with Crippen LogP contribution >= 0.6 is 0 Å². The minimum atomic E-state index is 0.813. The maximum absolute atomic E-state index is 4.63. The van der Waals surface area contributed by atoms with Crippen molar-refractivity contribution in [3.05, 3.63) is 41.2 Å².